The van der Waals surface area contributed by atoms with Crippen LogP contribution in [0.1, 0.15) is 18.7 Å². The average Bonchev–Trinajstić information content (AvgIpc) is 3.14. The van der Waals surface area contributed by atoms with Crippen LogP contribution in [0.5, 0.6) is 0 Å². The van der Waals surface area contributed by atoms with E-state index in [1.54, 1.807) is 31.0 Å². The van der Waals surface area contributed by atoms with Crippen LogP contribution in [0.4, 0.5) is 5.69 Å². The number of hydrogen-bond acceptors (Lipinski definition) is 5. The van der Waals surface area contributed by atoms with Crippen molar-refractivity contribution in [1.29, 1.82) is 0 Å². The van der Waals surface area contributed by atoms with Gasteiger partial charge in [0, 0.05) is 54.8 Å². The maximum Gasteiger partial charge on any atom is 0.0966 e. The zero-order chi connectivity index (χ0) is 19.8. The Morgan fingerprint density at radius 2 is 1.79 bits per heavy atom. The predicted molar refractivity (Wildman–Crippen MR) is 116 cm³/mol. The summed E-state index contributed by atoms with van der Waals surface area (Å²) in [6.45, 7) is 2.07. The second kappa shape index (κ2) is 6.98. The third kappa shape index (κ3) is 3.18. The first-order chi connectivity index (χ1) is 14.2. The first kappa shape index (κ1) is 17.3. The van der Waals surface area contributed by atoms with Gasteiger partial charge in [0.1, 0.15) is 0 Å². The van der Waals surface area contributed by atoms with Crippen LogP contribution >= 0.6 is 0 Å². The van der Waals surface area contributed by atoms with E-state index < -0.39 is 0 Å². The summed E-state index contributed by atoms with van der Waals surface area (Å²) in [4.78, 5) is 17.7. The van der Waals surface area contributed by atoms with E-state index >= 15 is 0 Å². The fourth-order valence-electron chi connectivity index (χ4n) is 3.67. The minimum Gasteiger partial charge on any atom is -0.377 e. The molecule has 29 heavy (non-hydrogen) atoms. The number of aryl methyl sites for hydroxylation is 1. The van der Waals surface area contributed by atoms with Gasteiger partial charge in [-0.2, -0.15) is 0 Å². The van der Waals surface area contributed by atoms with Gasteiger partial charge in [0.15, 0.2) is 0 Å². The summed E-state index contributed by atoms with van der Waals surface area (Å²) in [5.74, 6) is 0. The number of nitrogens with zero attached hydrogens (tertiary/aromatic N) is 5. The fourth-order valence-corrected chi connectivity index (χ4v) is 3.67. The topological polar surface area (TPSA) is 68.5 Å². The molecular formula is C23H20N6. The number of aromatic nitrogens is 5. The van der Waals surface area contributed by atoms with Crippen LogP contribution in [0, 0.1) is 0 Å². The van der Waals surface area contributed by atoms with E-state index in [2.05, 4.69) is 80.3 Å². The predicted octanol–water partition coefficient (Wildman–Crippen LogP) is 4.75. The number of hydrogen-bond donors (Lipinski definition) is 1. The van der Waals surface area contributed by atoms with Crippen LogP contribution < -0.4 is 5.32 Å². The Kier molecular flexibility index (Phi) is 4.17. The summed E-state index contributed by atoms with van der Waals surface area (Å²) >= 11 is 0. The third-order valence-corrected chi connectivity index (χ3v) is 5.18. The lowest BCUT2D eigenvalue weighted by atomic mass is 10.0. The highest BCUT2D eigenvalue weighted by Gasteiger charge is 2.13. The average molecular weight is 380 g/mol. The van der Waals surface area contributed by atoms with Crippen molar-refractivity contribution in [2.75, 3.05) is 5.32 Å². The van der Waals surface area contributed by atoms with E-state index in [1.807, 2.05) is 6.07 Å². The molecule has 6 nitrogen and oxygen atoms in total. The quantitative estimate of drug-likeness (QED) is 0.487. The highest BCUT2D eigenvalue weighted by molar-refractivity contribution is 5.97. The van der Waals surface area contributed by atoms with Gasteiger partial charge in [0.2, 0.25) is 0 Å². The normalized spacial score (nSPS) is 12.3. The van der Waals surface area contributed by atoms with E-state index in [-0.39, 0.29) is 6.04 Å². The molecular weight excluding hydrogens is 360 g/mol. The molecule has 0 amide bonds. The molecule has 0 spiro atoms. The Labute approximate surface area is 168 Å². The smallest absolute Gasteiger partial charge is 0.0966 e. The molecule has 1 N–H and O–H groups in total. The summed E-state index contributed by atoms with van der Waals surface area (Å²) in [6.07, 6.45) is 10.7. The van der Waals surface area contributed by atoms with Gasteiger partial charge >= 0.3 is 0 Å². The van der Waals surface area contributed by atoms with Crippen LogP contribution in [0.15, 0.2) is 73.6 Å². The van der Waals surface area contributed by atoms with Crippen LogP contribution in [-0.4, -0.2) is 24.5 Å². The molecule has 0 aliphatic rings. The second-order valence-corrected chi connectivity index (χ2v) is 7.14. The lowest BCUT2D eigenvalue weighted by molar-refractivity contribution is 0.828. The molecule has 0 saturated carbocycles. The molecule has 142 valence electrons. The molecule has 6 heteroatoms. The minimum atomic E-state index is 0.0148. The van der Waals surface area contributed by atoms with E-state index in [1.165, 1.54) is 10.9 Å². The van der Waals surface area contributed by atoms with Gasteiger partial charge in [-0.3, -0.25) is 19.9 Å². The molecule has 2 aromatic carbocycles. The number of anilines is 1. The molecule has 3 heterocycles. The molecule has 0 saturated heterocycles. The van der Waals surface area contributed by atoms with Gasteiger partial charge < -0.3 is 9.88 Å². The summed E-state index contributed by atoms with van der Waals surface area (Å²) in [5, 5.41) is 4.75. The first-order valence-electron chi connectivity index (χ1n) is 9.52. The molecule has 5 aromatic rings. The van der Waals surface area contributed by atoms with Crippen molar-refractivity contribution in [2.45, 2.75) is 13.0 Å². The number of nitrogens with one attached hydrogen (secondary N) is 1. The summed E-state index contributed by atoms with van der Waals surface area (Å²) in [5.41, 5.74) is 6.94. The van der Waals surface area contributed by atoms with E-state index in [0.29, 0.717) is 0 Å². The van der Waals surface area contributed by atoms with Crippen LogP contribution in [-0.2, 0) is 7.05 Å². The van der Waals surface area contributed by atoms with Crippen molar-refractivity contribution in [3.8, 4) is 11.1 Å². The van der Waals surface area contributed by atoms with E-state index in [9.17, 15) is 0 Å². The maximum atomic E-state index is 4.61. The van der Waals surface area contributed by atoms with Gasteiger partial charge in [0.05, 0.1) is 29.0 Å². The standard InChI is InChI=1S/C23H20N6/c1-15(21-14-24-6-7-26-21)28-18-12-19(23-20(13-18)25-8-9-27-23)17-4-3-16-5-10-29(2)22(16)11-17/h3-15,28H,1-2H3. The molecule has 0 aliphatic heterocycles. The van der Waals surface area contributed by atoms with Crippen LogP contribution in [0.2, 0.25) is 0 Å². The summed E-state index contributed by atoms with van der Waals surface area (Å²) in [6, 6.07) is 12.8. The van der Waals surface area contributed by atoms with Crippen molar-refractivity contribution in [1.82, 2.24) is 24.5 Å². The minimum absolute atomic E-state index is 0.0148. The molecule has 1 unspecified atom stereocenters. The lowest BCUT2D eigenvalue weighted by Crippen LogP contribution is -2.09. The second-order valence-electron chi connectivity index (χ2n) is 7.14. The Morgan fingerprint density at radius 3 is 2.66 bits per heavy atom. The van der Waals surface area contributed by atoms with Crippen molar-refractivity contribution < 1.29 is 0 Å². The van der Waals surface area contributed by atoms with Gasteiger partial charge in [-0.15, -0.1) is 0 Å². The fraction of sp³-hybridized carbons (Fsp3) is 0.130. The monoisotopic (exact) mass is 380 g/mol. The van der Waals surface area contributed by atoms with Crippen molar-refractivity contribution in [3.63, 3.8) is 0 Å². The molecule has 0 fully saturated rings. The molecule has 5 rings (SSSR count). The SMILES string of the molecule is CC(Nc1cc(-c2ccc3ccn(C)c3c2)c2nccnc2c1)c1cnccn1. The lowest BCUT2D eigenvalue weighted by Gasteiger charge is -2.16. The molecule has 0 bridgehead atoms. The highest BCUT2D eigenvalue weighted by atomic mass is 15.0. The van der Waals surface area contributed by atoms with Crippen molar-refractivity contribution >= 4 is 27.6 Å². The Morgan fingerprint density at radius 1 is 0.931 bits per heavy atom. The van der Waals surface area contributed by atoms with Crippen molar-refractivity contribution in [2.24, 2.45) is 7.05 Å². The van der Waals surface area contributed by atoms with E-state index in [4.69, 9.17) is 0 Å². The Hall–Kier alpha value is -3.80. The summed E-state index contributed by atoms with van der Waals surface area (Å²) < 4.78 is 2.13. The number of benzene rings is 2. The zero-order valence-electron chi connectivity index (χ0n) is 16.2. The largest absolute Gasteiger partial charge is 0.377 e. The first-order valence-corrected chi connectivity index (χ1v) is 9.52. The van der Waals surface area contributed by atoms with Crippen LogP contribution in [0.3, 0.4) is 0 Å². The molecule has 1 atom stereocenters. The number of fused-ring (bicyclic) bond motifs is 2. The Balaban J connectivity index is 1.63. The molecule has 0 radical (unpaired) electrons. The summed E-state index contributed by atoms with van der Waals surface area (Å²) in [7, 11) is 2.06. The Bertz CT molecular complexity index is 1310. The van der Waals surface area contributed by atoms with Gasteiger partial charge in [-0.1, -0.05) is 12.1 Å². The van der Waals surface area contributed by atoms with Gasteiger partial charge in [-0.05, 0) is 42.1 Å². The molecule has 0 aliphatic carbocycles. The third-order valence-electron chi connectivity index (χ3n) is 5.18. The zero-order valence-corrected chi connectivity index (χ0v) is 16.2. The van der Waals surface area contributed by atoms with Crippen molar-refractivity contribution in [3.05, 3.63) is 79.3 Å². The van der Waals surface area contributed by atoms with Gasteiger partial charge in [-0.25, -0.2) is 0 Å². The number of rotatable bonds is 4. The van der Waals surface area contributed by atoms with E-state index in [0.717, 1.165) is 33.5 Å². The highest BCUT2D eigenvalue weighted by Crippen LogP contribution is 2.33. The van der Waals surface area contributed by atoms with Gasteiger partial charge in [0.25, 0.3) is 0 Å². The maximum absolute atomic E-state index is 4.61. The molecule has 3 aromatic heterocycles. The van der Waals surface area contributed by atoms with Crippen LogP contribution in [0.25, 0.3) is 33.1 Å².